The van der Waals surface area contributed by atoms with Gasteiger partial charge in [0.05, 0.1) is 17.6 Å². The Balaban J connectivity index is 2.00. The van der Waals surface area contributed by atoms with Gasteiger partial charge in [0.2, 0.25) is 0 Å². The Hall–Kier alpha value is -0.580. The second kappa shape index (κ2) is 5.81. The molecule has 0 saturated carbocycles. The molecule has 2 aromatic rings. The van der Waals surface area contributed by atoms with Crippen molar-refractivity contribution in [3.8, 4) is 0 Å². The summed E-state index contributed by atoms with van der Waals surface area (Å²) in [5.74, 6) is 2.27. The van der Waals surface area contributed by atoms with E-state index in [0.29, 0.717) is 11.8 Å². The molecule has 19 heavy (non-hydrogen) atoms. The van der Waals surface area contributed by atoms with Gasteiger partial charge in [0, 0.05) is 35.8 Å². The van der Waals surface area contributed by atoms with Crippen LogP contribution < -0.4 is 0 Å². The summed E-state index contributed by atoms with van der Waals surface area (Å²) in [5, 5.41) is 0. The van der Waals surface area contributed by atoms with Gasteiger partial charge in [-0.15, -0.1) is 11.6 Å². The van der Waals surface area contributed by atoms with Crippen LogP contribution in [-0.2, 0) is 17.7 Å². The molecule has 1 aromatic carbocycles. The van der Waals surface area contributed by atoms with Gasteiger partial charge in [0.1, 0.15) is 5.82 Å². The van der Waals surface area contributed by atoms with Crippen LogP contribution in [0.5, 0.6) is 0 Å². The van der Waals surface area contributed by atoms with Crippen LogP contribution in [0.15, 0.2) is 22.7 Å². The molecule has 1 aromatic heterocycles. The zero-order valence-electron chi connectivity index (χ0n) is 10.6. The number of benzene rings is 1. The molecule has 0 spiro atoms. The molecular weight excluding hydrogens is 328 g/mol. The Morgan fingerprint density at radius 3 is 3.11 bits per heavy atom. The smallest absolute Gasteiger partial charge is 0.111 e. The van der Waals surface area contributed by atoms with E-state index in [1.54, 1.807) is 0 Å². The number of aromatic nitrogens is 2. The van der Waals surface area contributed by atoms with Crippen molar-refractivity contribution in [1.29, 1.82) is 0 Å². The molecule has 0 N–H and O–H groups in total. The van der Waals surface area contributed by atoms with Gasteiger partial charge in [-0.05, 0) is 24.6 Å². The van der Waals surface area contributed by atoms with E-state index in [9.17, 15) is 0 Å². The van der Waals surface area contributed by atoms with Gasteiger partial charge < -0.3 is 9.30 Å². The Labute approximate surface area is 126 Å². The zero-order valence-corrected chi connectivity index (χ0v) is 13.0. The van der Waals surface area contributed by atoms with E-state index in [2.05, 4.69) is 38.7 Å². The average molecular weight is 344 g/mol. The van der Waals surface area contributed by atoms with Crippen molar-refractivity contribution in [2.24, 2.45) is 5.92 Å². The topological polar surface area (TPSA) is 27.1 Å². The fourth-order valence-electron chi connectivity index (χ4n) is 2.62. The van der Waals surface area contributed by atoms with Crippen LogP contribution in [0.2, 0.25) is 0 Å². The SMILES string of the molecule is ClCCc1nc2cc(Br)ccc2n1CC1CCOC1. The molecule has 0 bridgehead atoms. The first-order valence-corrected chi connectivity index (χ1v) is 7.89. The summed E-state index contributed by atoms with van der Waals surface area (Å²) in [4.78, 5) is 4.71. The van der Waals surface area contributed by atoms with Crippen LogP contribution in [0.3, 0.4) is 0 Å². The fraction of sp³-hybridized carbons (Fsp3) is 0.500. The first-order valence-electron chi connectivity index (χ1n) is 6.56. The maximum atomic E-state index is 5.90. The first-order chi connectivity index (χ1) is 9.28. The van der Waals surface area contributed by atoms with Gasteiger partial charge >= 0.3 is 0 Å². The number of rotatable bonds is 4. The third-order valence-corrected chi connectivity index (χ3v) is 4.25. The van der Waals surface area contributed by atoms with Crippen molar-refractivity contribution < 1.29 is 4.74 Å². The van der Waals surface area contributed by atoms with Gasteiger partial charge in [0.15, 0.2) is 0 Å². The van der Waals surface area contributed by atoms with Gasteiger partial charge in [-0.25, -0.2) is 4.98 Å². The highest BCUT2D eigenvalue weighted by Crippen LogP contribution is 2.24. The molecule has 102 valence electrons. The number of fused-ring (bicyclic) bond motifs is 1. The predicted octanol–water partition coefficient (Wildman–Crippen LogP) is 3.62. The van der Waals surface area contributed by atoms with Gasteiger partial charge in [-0.1, -0.05) is 15.9 Å². The lowest BCUT2D eigenvalue weighted by atomic mass is 10.1. The number of hydrogen-bond donors (Lipinski definition) is 0. The van der Waals surface area contributed by atoms with Crippen LogP contribution in [-0.4, -0.2) is 28.6 Å². The summed E-state index contributed by atoms with van der Waals surface area (Å²) in [5.41, 5.74) is 2.23. The predicted molar refractivity (Wildman–Crippen MR) is 80.8 cm³/mol. The maximum Gasteiger partial charge on any atom is 0.111 e. The standard InChI is InChI=1S/C14H16BrClN2O/c15-11-1-2-13-12(7-11)17-14(3-5-16)18(13)8-10-4-6-19-9-10/h1-2,7,10H,3-6,8-9H2. The molecule has 1 fully saturated rings. The van der Waals surface area contributed by atoms with E-state index in [1.807, 2.05) is 0 Å². The molecule has 1 saturated heterocycles. The zero-order chi connectivity index (χ0) is 13.2. The van der Waals surface area contributed by atoms with Crippen LogP contribution in [0, 0.1) is 5.92 Å². The number of alkyl halides is 1. The highest BCUT2D eigenvalue weighted by atomic mass is 79.9. The minimum Gasteiger partial charge on any atom is -0.381 e. The molecule has 0 radical (unpaired) electrons. The normalized spacial score (nSPS) is 19.4. The molecule has 1 unspecified atom stereocenters. The summed E-state index contributed by atoms with van der Waals surface area (Å²) in [7, 11) is 0. The van der Waals surface area contributed by atoms with Crippen molar-refractivity contribution in [2.45, 2.75) is 19.4 Å². The number of hydrogen-bond acceptors (Lipinski definition) is 2. The monoisotopic (exact) mass is 342 g/mol. The Morgan fingerprint density at radius 1 is 1.47 bits per heavy atom. The van der Waals surface area contributed by atoms with Crippen molar-refractivity contribution in [2.75, 3.05) is 19.1 Å². The third kappa shape index (κ3) is 2.81. The van der Waals surface area contributed by atoms with Crippen molar-refractivity contribution in [3.63, 3.8) is 0 Å². The molecule has 2 heterocycles. The highest BCUT2D eigenvalue weighted by molar-refractivity contribution is 9.10. The number of nitrogens with zero attached hydrogens (tertiary/aromatic N) is 2. The summed E-state index contributed by atoms with van der Waals surface area (Å²) < 4.78 is 8.84. The quantitative estimate of drug-likeness (QED) is 0.793. The Kier molecular flexibility index (Phi) is 4.10. The molecule has 5 heteroatoms. The summed E-state index contributed by atoms with van der Waals surface area (Å²) in [6.45, 7) is 2.72. The summed E-state index contributed by atoms with van der Waals surface area (Å²) in [6, 6.07) is 6.25. The number of imidazole rings is 1. The molecule has 1 aliphatic heterocycles. The molecule has 1 aliphatic rings. The molecule has 1 atom stereocenters. The number of ether oxygens (including phenoxy) is 1. The highest BCUT2D eigenvalue weighted by Gasteiger charge is 2.19. The van der Waals surface area contributed by atoms with E-state index in [4.69, 9.17) is 21.3 Å². The summed E-state index contributed by atoms with van der Waals surface area (Å²) in [6.07, 6.45) is 1.94. The molecule has 0 amide bonds. The third-order valence-electron chi connectivity index (χ3n) is 3.57. The van der Waals surface area contributed by atoms with Gasteiger partial charge in [-0.2, -0.15) is 0 Å². The lowest BCUT2D eigenvalue weighted by Crippen LogP contribution is -2.13. The number of halogens is 2. The minimum absolute atomic E-state index is 0.593. The lowest BCUT2D eigenvalue weighted by molar-refractivity contribution is 0.182. The van der Waals surface area contributed by atoms with E-state index in [1.165, 1.54) is 5.52 Å². The minimum atomic E-state index is 0.593. The van der Waals surface area contributed by atoms with E-state index >= 15 is 0 Å². The van der Waals surface area contributed by atoms with Crippen LogP contribution >= 0.6 is 27.5 Å². The second-order valence-corrected chi connectivity index (χ2v) is 6.23. The first kappa shape index (κ1) is 13.4. The van der Waals surface area contributed by atoms with Gasteiger partial charge in [-0.3, -0.25) is 0 Å². The van der Waals surface area contributed by atoms with Crippen molar-refractivity contribution >= 4 is 38.6 Å². The largest absolute Gasteiger partial charge is 0.381 e. The van der Waals surface area contributed by atoms with E-state index in [0.717, 1.165) is 48.4 Å². The van der Waals surface area contributed by atoms with Crippen molar-refractivity contribution in [3.05, 3.63) is 28.5 Å². The van der Waals surface area contributed by atoms with E-state index in [-0.39, 0.29) is 0 Å². The second-order valence-electron chi connectivity index (χ2n) is 4.94. The average Bonchev–Trinajstić information content (AvgIpc) is 2.99. The molecule has 3 nitrogen and oxygen atoms in total. The fourth-order valence-corrected chi connectivity index (χ4v) is 3.14. The Bertz CT molecular complexity index is 578. The number of aryl methyl sites for hydroxylation is 1. The van der Waals surface area contributed by atoms with Crippen molar-refractivity contribution in [1.82, 2.24) is 9.55 Å². The van der Waals surface area contributed by atoms with Crippen LogP contribution in [0.25, 0.3) is 11.0 Å². The van der Waals surface area contributed by atoms with Gasteiger partial charge in [0.25, 0.3) is 0 Å². The molecule has 3 rings (SSSR count). The lowest BCUT2D eigenvalue weighted by Gasteiger charge is -2.12. The summed E-state index contributed by atoms with van der Waals surface area (Å²) >= 11 is 9.39. The Morgan fingerprint density at radius 2 is 2.37 bits per heavy atom. The maximum absolute atomic E-state index is 5.90. The molecular formula is C14H16BrClN2O. The van der Waals surface area contributed by atoms with Crippen LogP contribution in [0.1, 0.15) is 12.2 Å². The van der Waals surface area contributed by atoms with Crippen LogP contribution in [0.4, 0.5) is 0 Å². The van der Waals surface area contributed by atoms with E-state index < -0.39 is 0 Å². The molecule has 0 aliphatic carbocycles.